The molecule has 0 aliphatic heterocycles. The molecule has 0 aliphatic rings. The van der Waals surface area contributed by atoms with E-state index in [4.69, 9.17) is 0 Å². The van der Waals surface area contributed by atoms with E-state index in [0.717, 1.165) is 13.1 Å². The van der Waals surface area contributed by atoms with Gasteiger partial charge >= 0.3 is 0 Å². The molecule has 2 nitrogen and oxygen atoms in total. The van der Waals surface area contributed by atoms with Crippen LogP contribution >= 0.6 is 0 Å². The second kappa shape index (κ2) is 7.49. The van der Waals surface area contributed by atoms with Crippen molar-refractivity contribution in [3.63, 3.8) is 0 Å². The summed E-state index contributed by atoms with van der Waals surface area (Å²) in [6, 6.07) is 0.606. The Labute approximate surface area is 116 Å². The molecule has 0 aromatic heterocycles. The van der Waals surface area contributed by atoms with E-state index in [0.29, 0.717) is 16.9 Å². The first-order valence-electron chi connectivity index (χ1n) is 7.57. The summed E-state index contributed by atoms with van der Waals surface area (Å²) in [7, 11) is 2.27. The van der Waals surface area contributed by atoms with Crippen molar-refractivity contribution in [1.29, 1.82) is 0 Å². The van der Waals surface area contributed by atoms with Crippen molar-refractivity contribution in [2.75, 3.05) is 26.7 Å². The summed E-state index contributed by atoms with van der Waals surface area (Å²) in [4.78, 5) is 2.52. The normalized spacial score (nSPS) is 17.8. The van der Waals surface area contributed by atoms with Crippen LogP contribution in [0.1, 0.15) is 61.3 Å². The molecule has 2 heteroatoms. The molecule has 2 atom stereocenters. The molecule has 18 heavy (non-hydrogen) atoms. The van der Waals surface area contributed by atoms with Gasteiger partial charge in [0.2, 0.25) is 0 Å². The third-order valence-electron chi connectivity index (χ3n) is 4.38. The van der Waals surface area contributed by atoms with Crippen molar-refractivity contribution in [3.8, 4) is 0 Å². The molecular weight excluding hydrogens is 220 g/mol. The molecule has 0 aromatic rings. The van der Waals surface area contributed by atoms with Gasteiger partial charge in [-0.25, -0.2) is 0 Å². The van der Waals surface area contributed by atoms with Gasteiger partial charge in [0.15, 0.2) is 0 Å². The third kappa shape index (κ3) is 6.19. The van der Waals surface area contributed by atoms with Gasteiger partial charge in [-0.1, -0.05) is 41.5 Å². The van der Waals surface area contributed by atoms with Crippen molar-refractivity contribution in [1.82, 2.24) is 10.2 Å². The highest BCUT2D eigenvalue weighted by Crippen LogP contribution is 2.27. The fourth-order valence-corrected chi connectivity index (χ4v) is 2.26. The van der Waals surface area contributed by atoms with Gasteiger partial charge in [0.1, 0.15) is 0 Å². The highest BCUT2D eigenvalue weighted by atomic mass is 15.1. The molecule has 1 N–H and O–H groups in total. The van der Waals surface area contributed by atoms with Crippen molar-refractivity contribution in [2.45, 2.75) is 67.3 Å². The molecule has 0 saturated carbocycles. The molecule has 0 bridgehead atoms. The van der Waals surface area contributed by atoms with Crippen LogP contribution < -0.4 is 5.32 Å². The maximum atomic E-state index is 3.58. The SMILES string of the molecule is CCCNCC(C)(CC)CN(C)C(C)C(C)(C)C. The van der Waals surface area contributed by atoms with Crippen LogP contribution in [0.25, 0.3) is 0 Å². The summed E-state index contributed by atoms with van der Waals surface area (Å²) < 4.78 is 0. The summed E-state index contributed by atoms with van der Waals surface area (Å²) >= 11 is 0. The van der Waals surface area contributed by atoms with Gasteiger partial charge in [-0.15, -0.1) is 0 Å². The second-order valence-electron chi connectivity index (χ2n) is 7.30. The lowest BCUT2D eigenvalue weighted by molar-refractivity contribution is 0.0884. The predicted molar refractivity (Wildman–Crippen MR) is 83.1 cm³/mol. The quantitative estimate of drug-likeness (QED) is 0.665. The second-order valence-corrected chi connectivity index (χ2v) is 7.30. The monoisotopic (exact) mass is 256 g/mol. The zero-order chi connectivity index (χ0) is 14.4. The Morgan fingerprint density at radius 3 is 2.06 bits per heavy atom. The maximum absolute atomic E-state index is 3.58. The van der Waals surface area contributed by atoms with Crippen LogP contribution in [-0.4, -0.2) is 37.6 Å². The Balaban J connectivity index is 4.42. The first kappa shape index (κ1) is 17.9. The third-order valence-corrected chi connectivity index (χ3v) is 4.38. The van der Waals surface area contributed by atoms with E-state index in [1.807, 2.05) is 0 Å². The van der Waals surface area contributed by atoms with Crippen LogP contribution in [0.15, 0.2) is 0 Å². The summed E-state index contributed by atoms with van der Waals surface area (Å²) in [5.41, 5.74) is 0.726. The minimum Gasteiger partial charge on any atom is -0.316 e. The fraction of sp³-hybridized carbons (Fsp3) is 1.00. The molecule has 110 valence electrons. The van der Waals surface area contributed by atoms with E-state index < -0.39 is 0 Å². The minimum atomic E-state index is 0.347. The van der Waals surface area contributed by atoms with E-state index in [-0.39, 0.29) is 0 Å². The Hall–Kier alpha value is -0.0800. The Morgan fingerprint density at radius 1 is 1.11 bits per heavy atom. The van der Waals surface area contributed by atoms with E-state index in [1.165, 1.54) is 19.4 Å². The van der Waals surface area contributed by atoms with Gasteiger partial charge in [-0.2, -0.15) is 0 Å². The summed E-state index contributed by atoms with van der Waals surface area (Å²) in [6.45, 7) is 19.7. The van der Waals surface area contributed by atoms with E-state index in [9.17, 15) is 0 Å². The van der Waals surface area contributed by atoms with Gasteiger partial charge < -0.3 is 10.2 Å². The molecule has 0 aliphatic carbocycles. The molecule has 0 saturated heterocycles. The maximum Gasteiger partial charge on any atom is 0.0113 e. The Morgan fingerprint density at radius 2 is 1.67 bits per heavy atom. The summed E-state index contributed by atoms with van der Waals surface area (Å²) in [6.07, 6.45) is 2.44. The molecule has 2 unspecified atom stereocenters. The average molecular weight is 256 g/mol. The molecule has 0 heterocycles. The zero-order valence-electron chi connectivity index (χ0n) is 14.1. The lowest BCUT2D eigenvalue weighted by Gasteiger charge is -2.41. The lowest BCUT2D eigenvalue weighted by Crippen LogP contribution is -2.47. The van der Waals surface area contributed by atoms with Gasteiger partial charge in [0, 0.05) is 19.1 Å². The molecule has 0 spiro atoms. The number of rotatable bonds is 8. The van der Waals surface area contributed by atoms with Gasteiger partial charge in [0.25, 0.3) is 0 Å². The molecule has 0 radical (unpaired) electrons. The number of hydrogen-bond acceptors (Lipinski definition) is 2. The van der Waals surface area contributed by atoms with Crippen LogP contribution in [0.5, 0.6) is 0 Å². The number of hydrogen-bond donors (Lipinski definition) is 1. The van der Waals surface area contributed by atoms with E-state index in [2.05, 4.69) is 65.7 Å². The first-order valence-corrected chi connectivity index (χ1v) is 7.57. The van der Waals surface area contributed by atoms with Crippen molar-refractivity contribution in [3.05, 3.63) is 0 Å². The molecule has 0 amide bonds. The van der Waals surface area contributed by atoms with Gasteiger partial charge in [-0.3, -0.25) is 0 Å². The molecular formula is C16H36N2. The van der Waals surface area contributed by atoms with Crippen LogP contribution in [0.2, 0.25) is 0 Å². The number of nitrogens with one attached hydrogen (secondary N) is 1. The summed E-state index contributed by atoms with van der Waals surface area (Å²) in [5, 5.41) is 3.58. The topological polar surface area (TPSA) is 15.3 Å². The van der Waals surface area contributed by atoms with Crippen molar-refractivity contribution in [2.24, 2.45) is 10.8 Å². The zero-order valence-corrected chi connectivity index (χ0v) is 14.1. The van der Waals surface area contributed by atoms with Crippen LogP contribution in [0.4, 0.5) is 0 Å². The highest BCUT2D eigenvalue weighted by molar-refractivity contribution is 4.84. The Bertz CT molecular complexity index is 220. The van der Waals surface area contributed by atoms with E-state index in [1.54, 1.807) is 0 Å². The van der Waals surface area contributed by atoms with Gasteiger partial charge in [0.05, 0.1) is 0 Å². The smallest absolute Gasteiger partial charge is 0.0113 e. The average Bonchev–Trinajstić information content (AvgIpc) is 2.27. The number of nitrogens with zero attached hydrogens (tertiary/aromatic N) is 1. The van der Waals surface area contributed by atoms with Crippen molar-refractivity contribution >= 4 is 0 Å². The van der Waals surface area contributed by atoms with Crippen LogP contribution in [0, 0.1) is 10.8 Å². The standard InChI is InChI=1S/C16H36N2/c1-9-11-17-12-16(7,10-2)13-18(8)14(3)15(4,5)6/h14,17H,9-13H2,1-8H3. The first-order chi connectivity index (χ1) is 8.16. The summed E-state index contributed by atoms with van der Waals surface area (Å²) in [5.74, 6) is 0. The van der Waals surface area contributed by atoms with E-state index >= 15 is 0 Å². The molecule has 0 fully saturated rings. The van der Waals surface area contributed by atoms with Crippen LogP contribution in [-0.2, 0) is 0 Å². The van der Waals surface area contributed by atoms with Crippen molar-refractivity contribution < 1.29 is 0 Å². The fourth-order valence-electron chi connectivity index (χ4n) is 2.26. The predicted octanol–water partition coefficient (Wildman–Crippen LogP) is 3.77. The lowest BCUT2D eigenvalue weighted by atomic mass is 9.83. The van der Waals surface area contributed by atoms with Gasteiger partial charge in [-0.05, 0) is 44.2 Å². The highest BCUT2D eigenvalue weighted by Gasteiger charge is 2.29. The van der Waals surface area contributed by atoms with Crippen LogP contribution in [0.3, 0.4) is 0 Å². The largest absolute Gasteiger partial charge is 0.316 e. The Kier molecular flexibility index (Phi) is 7.46. The molecule has 0 rings (SSSR count). The minimum absolute atomic E-state index is 0.347. The molecule has 0 aromatic carbocycles.